The number of nitrogens with zero attached hydrogens (tertiary/aromatic N) is 1. The predicted octanol–water partition coefficient (Wildman–Crippen LogP) is 2.16. The number of pyridine rings is 1. The minimum atomic E-state index is -0.173. The van der Waals surface area contributed by atoms with E-state index in [1.807, 2.05) is 0 Å². The van der Waals surface area contributed by atoms with Crippen LogP contribution in [0.1, 0.15) is 42.0 Å². The van der Waals surface area contributed by atoms with Gasteiger partial charge in [-0.3, -0.25) is 9.59 Å². The summed E-state index contributed by atoms with van der Waals surface area (Å²) in [5, 5.41) is 2.98. The van der Waals surface area contributed by atoms with Crippen molar-refractivity contribution in [2.24, 2.45) is 0 Å². The number of carbonyl (C=O) groups is 1. The second kappa shape index (κ2) is 5.99. The quantitative estimate of drug-likeness (QED) is 0.936. The molecule has 0 aromatic carbocycles. The van der Waals surface area contributed by atoms with E-state index in [1.165, 1.54) is 23.5 Å². The van der Waals surface area contributed by atoms with E-state index >= 15 is 0 Å². The standard InChI is InChI=1S/C16H18N2O3/c19-15-7-3-4-10-18(15)11-13-8-9-14(21-13)16(20)17-12-5-1-2-6-12/h3-4,7-10,12H,1-2,5-6,11H2,(H,17,20). The van der Waals surface area contributed by atoms with Crippen molar-refractivity contribution in [3.8, 4) is 0 Å². The number of aromatic nitrogens is 1. The van der Waals surface area contributed by atoms with Gasteiger partial charge in [0.2, 0.25) is 0 Å². The molecule has 2 aromatic rings. The Morgan fingerprint density at radius 3 is 2.81 bits per heavy atom. The maximum atomic E-state index is 12.1. The lowest BCUT2D eigenvalue weighted by Gasteiger charge is -2.09. The fourth-order valence-corrected chi connectivity index (χ4v) is 2.67. The molecule has 21 heavy (non-hydrogen) atoms. The first kappa shape index (κ1) is 13.7. The summed E-state index contributed by atoms with van der Waals surface area (Å²) in [6.07, 6.45) is 6.12. The third-order valence-corrected chi connectivity index (χ3v) is 3.80. The summed E-state index contributed by atoms with van der Waals surface area (Å²) in [5.74, 6) is 0.731. The molecule has 0 radical (unpaired) electrons. The van der Waals surface area contributed by atoms with Crippen LogP contribution in [-0.4, -0.2) is 16.5 Å². The van der Waals surface area contributed by atoms with Gasteiger partial charge in [0.05, 0.1) is 6.54 Å². The molecule has 1 aliphatic carbocycles. The van der Waals surface area contributed by atoms with Gasteiger partial charge in [-0.05, 0) is 31.0 Å². The highest BCUT2D eigenvalue weighted by atomic mass is 16.4. The first-order valence-electron chi connectivity index (χ1n) is 7.27. The van der Waals surface area contributed by atoms with E-state index in [4.69, 9.17) is 4.42 Å². The van der Waals surface area contributed by atoms with Gasteiger partial charge in [0.25, 0.3) is 11.5 Å². The zero-order chi connectivity index (χ0) is 14.7. The Morgan fingerprint density at radius 1 is 1.24 bits per heavy atom. The van der Waals surface area contributed by atoms with E-state index in [2.05, 4.69) is 5.32 Å². The number of rotatable bonds is 4. The summed E-state index contributed by atoms with van der Waals surface area (Å²) in [6.45, 7) is 0.330. The Bertz CT molecular complexity index is 681. The van der Waals surface area contributed by atoms with Crippen molar-refractivity contribution < 1.29 is 9.21 Å². The summed E-state index contributed by atoms with van der Waals surface area (Å²) >= 11 is 0. The zero-order valence-electron chi connectivity index (χ0n) is 11.7. The maximum Gasteiger partial charge on any atom is 0.287 e. The Hall–Kier alpha value is -2.30. The molecule has 2 heterocycles. The lowest BCUT2D eigenvalue weighted by Crippen LogP contribution is -2.32. The third kappa shape index (κ3) is 3.24. The average Bonchev–Trinajstić information content (AvgIpc) is 3.13. The summed E-state index contributed by atoms with van der Waals surface area (Å²) in [5.41, 5.74) is -0.0918. The van der Waals surface area contributed by atoms with Crippen LogP contribution in [0.2, 0.25) is 0 Å². The van der Waals surface area contributed by atoms with Crippen molar-refractivity contribution >= 4 is 5.91 Å². The van der Waals surface area contributed by atoms with E-state index in [9.17, 15) is 9.59 Å². The predicted molar refractivity (Wildman–Crippen MR) is 78.2 cm³/mol. The van der Waals surface area contributed by atoms with Gasteiger partial charge in [0.15, 0.2) is 5.76 Å². The molecule has 110 valence electrons. The van der Waals surface area contributed by atoms with Gasteiger partial charge in [0, 0.05) is 18.3 Å². The molecule has 2 aromatic heterocycles. The second-order valence-corrected chi connectivity index (χ2v) is 5.39. The topological polar surface area (TPSA) is 64.2 Å². The number of amides is 1. The van der Waals surface area contributed by atoms with Crippen molar-refractivity contribution in [1.82, 2.24) is 9.88 Å². The molecule has 1 amide bonds. The van der Waals surface area contributed by atoms with Crippen molar-refractivity contribution in [2.45, 2.75) is 38.3 Å². The van der Waals surface area contributed by atoms with Gasteiger partial charge in [-0.1, -0.05) is 18.9 Å². The van der Waals surface area contributed by atoms with Crippen molar-refractivity contribution in [2.75, 3.05) is 0 Å². The highest BCUT2D eigenvalue weighted by Gasteiger charge is 2.19. The number of hydrogen-bond acceptors (Lipinski definition) is 3. The van der Waals surface area contributed by atoms with Gasteiger partial charge < -0.3 is 14.3 Å². The van der Waals surface area contributed by atoms with Crippen LogP contribution in [0.5, 0.6) is 0 Å². The highest BCUT2D eigenvalue weighted by molar-refractivity contribution is 5.91. The second-order valence-electron chi connectivity index (χ2n) is 5.39. The number of hydrogen-bond donors (Lipinski definition) is 1. The normalized spacial score (nSPS) is 15.2. The molecule has 0 spiro atoms. The summed E-state index contributed by atoms with van der Waals surface area (Å²) in [7, 11) is 0. The van der Waals surface area contributed by atoms with Gasteiger partial charge in [0.1, 0.15) is 5.76 Å². The Labute approximate surface area is 122 Å². The average molecular weight is 286 g/mol. The minimum absolute atomic E-state index is 0.0918. The van der Waals surface area contributed by atoms with Crippen molar-refractivity contribution in [3.63, 3.8) is 0 Å². The third-order valence-electron chi connectivity index (χ3n) is 3.80. The lowest BCUT2D eigenvalue weighted by atomic mass is 10.2. The highest BCUT2D eigenvalue weighted by Crippen LogP contribution is 2.18. The molecule has 0 bridgehead atoms. The molecule has 0 saturated heterocycles. The lowest BCUT2D eigenvalue weighted by molar-refractivity contribution is 0.0908. The first-order valence-corrected chi connectivity index (χ1v) is 7.27. The van der Waals surface area contributed by atoms with Crippen molar-refractivity contribution in [3.05, 3.63) is 58.4 Å². The molecular weight excluding hydrogens is 268 g/mol. The van der Waals surface area contributed by atoms with Crippen LogP contribution in [0, 0.1) is 0 Å². The molecular formula is C16H18N2O3. The largest absolute Gasteiger partial charge is 0.454 e. The van der Waals surface area contributed by atoms with E-state index in [0.717, 1.165) is 12.8 Å². The van der Waals surface area contributed by atoms with Gasteiger partial charge >= 0.3 is 0 Å². The van der Waals surface area contributed by atoms with E-state index in [0.29, 0.717) is 18.1 Å². The fraction of sp³-hybridized carbons (Fsp3) is 0.375. The minimum Gasteiger partial charge on any atom is -0.454 e. The van der Waals surface area contributed by atoms with Crippen LogP contribution in [0.15, 0.2) is 45.7 Å². The number of furan rings is 1. The summed E-state index contributed by atoms with van der Waals surface area (Å²) in [6, 6.07) is 8.65. The SMILES string of the molecule is O=C(NC1CCCC1)c1ccc(Cn2ccccc2=O)o1. The molecule has 0 unspecified atom stereocenters. The van der Waals surface area contributed by atoms with E-state index < -0.39 is 0 Å². The summed E-state index contributed by atoms with van der Waals surface area (Å²) in [4.78, 5) is 23.7. The van der Waals surface area contributed by atoms with E-state index in [-0.39, 0.29) is 17.5 Å². The molecule has 1 fully saturated rings. The molecule has 5 nitrogen and oxygen atoms in total. The first-order chi connectivity index (χ1) is 10.2. The Balaban J connectivity index is 1.67. The van der Waals surface area contributed by atoms with E-state index in [1.54, 1.807) is 30.5 Å². The van der Waals surface area contributed by atoms with Gasteiger partial charge in [-0.25, -0.2) is 0 Å². The van der Waals surface area contributed by atoms with Crippen LogP contribution in [0.3, 0.4) is 0 Å². The summed E-state index contributed by atoms with van der Waals surface area (Å²) < 4.78 is 7.08. The van der Waals surface area contributed by atoms with Crippen LogP contribution in [0.4, 0.5) is 0 Å². The van der Waals surface area contributed by atoms with Crippen LogP contribution < -0.4 is 10.9 Å². The van der Waals surface area contributed by atoms with Crippen molar-refractivity contribution in [1.29, 1.82) is 0 Å². The smallest absolute Gasteiger partial charge is 0.287 e. The Kier molecular flexibility index (Phi) is 3.90. The van der Waals surface area contributed by atoms with Crippen LogP contribution in [0.25, 0.3) is 0 Å². The number of nitrogens with one attached hydrogen (secondary N) is 1. The molecule has 1 aliphatic rings. The molecule has 1 saturated carbocycles. The molecule has 0 aliphatic heterocycles. The fourth-order valence-electron chi connectivity index (χ4n) is 2.67. The molecule has 1 N–H and O–H groups in total. The Morgan fingerprint density at radius 2 is 2.05 bits per heavy atom. The van der Waals surface area contributed by atoms with Gasteiger partial charge in [-0.15, -0.1) is 0 Å². The zero-order valence-corrected chi connectivity index (χ0v) is 11.7. The van der Waals surface area contributed by atoms with Gasteiger partial charge in [-0.2, -0.15) is 0 Å². The van der Waals surface area contributed by atoms with Crippen LogP contribution in [-0.2, 0) is 6.54 Å². The number of carbonyl (C=O) groups excluding carboxylic acids is 1. The molecule has 5 heteroatoms. The molecule has 3 rings (SSSR count). The monoisotopic (exact) mass is 286 g/mol. The maximum absolute atomic E-state index is 12.1. The van der Waals surface area contributed by atoms with Crippen LogP contribution >= 0.6 is 0 Å². The molecule has 0 atom stereocenters.